The summed E-state index contributed by atoms with van der Waals surface area (Å²) in [5, 5.41) is 8.73. The molecule has 1 aliphatic rings. The van der Waals surface area contributed by atoms with Gasteiger partial charge in [-0.15, -0.1) is 4.40 Å². The maximum absolute atomic E-state index is 12.4. The molecule has 0 radical (unpaired) electrons. The SMILES string of the molecule is CC(C)(C)NC(=O)CCN(/N=C/c1cccnc1)C1=NS(=O)(=O)c2ccccc21. The molecule has 29 heavy (non-hydrogen) atoms. The van der Waals surface area contributed by atoms with Crippen molar-refractivity contribution in [3.63, 3.8) is 0 Å². The molecule has 1 aromatic carbocycles. The van der Waals surface area contributed by atoms with Gasteiger partial charge in [-0.1, -0.05) is 18.2 Å². The van der Waals surface area contributed by atoms with Crippen LogP contribution in [0.5, 0.6) is 0 Å². The van der Waals surface area contributed by atoms with Gasteiger partial charge in [0.1, 0.15) is 4.90 Å². The van der Waals surface area contributed by atoms with E-state index in [0.29, 0.717) is 5.56 Å². The smallest absolute Gasteiger partial charge is 0.285 e. The van der Waals surface area contributed by atoms with Gasteiger partial charge < -0.3 is 5.32 Å². The van der Waals surface area contributed by atoms with E-state index in [2.05, 4.69) is 19.8 Å². The second-order valence-corrected chi connectivity index (χ2v) is 9.16. The number of amidine groups is 1. The molecule has 2 aromatic rings. The lowest BCUT2D eigenvalue weighted by Crippen LogP contribution is -2.42. The Hall–Kier alpha value is -3.07. The highest BCUT2D eigenvalue weighted by Crippen LogP contribution is 2.27. The molecule has 0 unspecified atom stereocenters. The van der Waals surface area contributed by atoms with Crippen molar-refractivity contribution in [2.24, 2.45) is 9.50 Å². The number of fused-ring (bicyclic) bond motifs is 1. The van der Waals surface area contributed by atoms with Gasteiger partial charge in [-0.2, -0.15) is 13.5 Å². The van der Waals surface area contributed by atoms with Gasteiger partial charge in [0.05, 0.1) is 12.8 Å². The molecular formula is C20H23N5O3S. The maximum Gasteiger partial charge on any atom is 0.285 e. The molecule has 0 fully saturated rings. The predicted molar refractivity (Wildman–Crippen MR) is 111 cm³/mol. The number of carbonyl (C=O) groups is 1. The minimum Gasteiger partial charge on any atom is -0.351 e. The standard InChI is InChI=1S/C20H23N5O3S/c1-20(2,3)23-18(26)10-12-25(22-14-15-7-6-11-21-13-15)19-16-8-4-5-9-17(16)29(27,28)24-19/h4-9,11,13-14H,10,12H2,1-3H3,(H,23,26)/b22-14+. The van der Waals surface area contributed by atoms with Crippen LogP contribution in [0.1, 0.15) is 38.3 Å². The highest BCUT2D eigenvalue weighted by molar-refractivity contribution is 7.90. The van der Waals surface area contributed by atoms with E-state index in [9.17, 15) is 13.2 Å². The molecule has 1 aromatic heterocycles. The van der Waals surface area contributed by atoms with Crippen LogP contribution >= 0.6 is 0 Å². The topological polar surface area (TPSA) is 104 Å². The quantitative estimate of drug-likeness (QED) is 0.598. The highest BCUT2D eigenvalue weighted by Gasteiger charge is 2.32. The number of rotatable bonds is 5. The van der Waals surface area contributed by atoms with Crippen LogP contribution in [0.2, 0.25) is 0 Å². The largest absolute Gasteiger partial charge is 0.351 e. The molecule has 9 heteroatoms. The molecule has 152 valence electrons. The summed E-state index contributed by atoms with van der Waals surface area (Å²) in [4.78, 5) is 16.4. The van der Waals surface area contributed by atoms with Crippen molar-refractivity contribution in [2.45, 2.75) is 37.6 Å². The number of hydrogen-bond acceptors (Lipinski definition) is 6. The van der Waals surface area contributed by atoms with Gasteiger partial charge in [-0.05, 0) is 39.0 Å². The third-order valence-corrected chi connectivity index (χ3v) is 5.28. The molecule has 0 spiro atoms. The lowest BCUT2D eigenvalue weighted by Gasteiger charge is -2.22. The Labute approximate surface area is 170 Å². The Balaban J connectivity index is 1.89. The molecule has 1 N–H and O–H groups in total. The second-order valence-electron chi connectivity index (χ2n) is 7.59. The van der Waals surface area contributed by atoms with Crippen molar-refractivity contribution in [1.82, 2.24) is 15.3 Å². The van der Waals surface area contributed by atoms with E-state index < -0.39 is 10.0 Å². The van der Waals surface area contributed by atoms with Crippen LogP contribution in [0, 0.1) is 0 Å². The van der Waals surface area contributed by atoms with Crippen molar-refractivity contribution in [3.05, 3.63) is 59.9 Å². The van der Waals surface area contributed by atoms with Crippen LogP contribution in [0.25, 0.3) is 0 Å². The van der Waals surface area contributed by atoms with E-state index in [-0.39, 0.29) is 35.1 Å². The number of nitrogens with one attached hydrogen (secondary N) is 1. The van der Waals surface area contributed by atoms with E-state index in [1.165, 1.54) is 11.1 Å². The molecule has 0 saturated carbocycles. The first-order chi connectivity index (χ1) is 13.7. The molecule has 8 nitrogen and oxygen atoms in total. The van der Waals surface area contributed by atoms with Gasteiger partial charge in [0.25, 0.3) is 10.0 Å². The molecule has 1 aliphatic heterocycles. The summed E-state index contributed by atoms with van der Waals surface area (Å²) >= 11 is 0. The number of aromatic nitrogens is 1. The number of sulfonamides is 1. The predicted octanol–water partition coefficient (Wildman–Crippen LogP) is 2.17. The Bertz CT molecular complexity index is 1060. The van der Waals surface area contributed by atoms with Crippen molar-refractivity contribution in [2.75, 3.05) is 6.54 Å². The number of carbonyl (C=O) groups excluding carboxylic acids is 1. The average Bonchev–Trinajstić information content (AvgIpc) is 2.93. The third-order valence-electron chi connectivity index (χ3n) is 3.95. The molecule has 0 aliphatic carbocycles. The number of benzene rings is 1. The number of pyridine rings is 1. The van der Waals surface area contributed by atoms with Gasteiger partial charge in [-0.3, -0.25) is 9.78 Å². The Morgan fingerprint density at radius 2 is 1.97 bits per heavy atom. The number of amides is 1. The van der Waals surface area contributed by atoms with Crippen molar-refractivity contribution in [3.8, 4) is 0 Å². The number of hydrazone groups is 1. The minimum atomic E-state index is -3.79. The summed E-state index contributed by atoms with van der Waals surface area (Å²) in [5.41, 5.74) is 0.847. The lowest BCUT2D eigenvalue weighted by molar-refractivity contribution is -0.122. The average molecular weight is 414 g/mol. The van der Waals surface area contributed by atoms with Crippen molar-refractivity contribution in [1.29, 1.82) is 0 Å². The van der Waals surface area contributed by atoms with E-state index >= 15 is 0 Å². The fourth-order valence-corrected chi connectivity index (χ4v) is 3.98. The van der Waals surface area contributed by atoms with Crippen LogP contribution in [0.4, 0.5) is 0 Å². The first-order valence-electron chi connectivity index (χ1n) is 9.13. The molecule has 0 atom stereocenters. The van der Waals surface area contributed by atoms with Gasteiger partial charge in [0.2, 0.25) is 5.91 Å². The third kappa shape index (κ3) is 5.26. The maximum atomic E-state index is 12.4. The zero-order valence-corrected chi connectivity index (χ0v) is 17.3. The molecule has 2 heterocycles. The van der Waals surface area contributed by atoms with E-state index in [0.717, 1.165) is 5.56 Å². The van der Waals surface area contributed by atoms with Crippen LogP contribution in [-0.2, 0) is 14.8 Å². The van der Waals surface area contributed by atoms with E-state index in [4.69, 9.17) is 0 Å². The summed E-state index contributed by atoms with van der Waals surface area (Å²) in [5.74, 6) is 0.0399. The van der Waals surface area contributed by atoms with Gasteiger partial charge in [0.15, 0.2) is 5.84 Å². The van der Waals surface area contributed by atoms with Crippen molar-refractivity contribution < 1.29 is 13.2 Å². The summed E-state index contributed by atoms with van der Waals surface area (Å²) < 4.78 is 28.7. The fraction of sp³-hybridized carbons (Fsp3) is 0.300. The molecule has 0 bridgehead atoms. The fourth-order valence-electron chi connectivity index (χ4n) is 2.77. The van der Waals surface area contributed by atoms with Crippen molar-refractivity contribution >= 4 is 28.0 Å². The van der Waals surface area contributed by atoms with Crippen LogP contribution in [0.15, 0.2) is 63.2 Å². The summed E-state index contributed by atoms with van der Waals surface area (Å²) in [7, 11) is -3.79. The monoisotopic (exact) mass is 413 g/mol. The van der Waals surface area contributed by atoms with Gasteiger partial charge in [-0.25, -0.2) is 5.01 Å². The Morgan fingerprint density at radius 3 is 2.66 bits per heavy atom. The minimum absolute atomic E-state index is 0.128. The van der Waals surface area contributed by atoms with Crippen LogP contribution in [0.3, 0.4) is 0 Å². The molecular weight excluding hydrogens is 390 g/mol. The van der Waals surface area contributed by atoms with Crippen LogP contribution in [-0.4, -0.2) is 48.5 Å². The summed E-state index contributed by atoms with van der Waals surface area (Å²) in [6.45, 7) is 5.86. The van der Waals surface area contributed by atoms with E-state index in [1.54, 1.807) is 42.9 Å². The molecule has 1 amide bonds. The van der Waals surface area contributed by atoms with Gasteiger partial charge in [0, 0.05) is 35.5 Å². The highest BCUT2D eigenvalue weighted by atomic mass is 32.2. The summed E-state index contributed by atoms with van der Waals surface area (Å²) in [6, 6.07) is 10.2. The molecule has 3 rings (SSSR count). The first kappa shape index (κ1) is 20.7. The van der Waals surface area contributed by atoms with E-state index in [1.807, 2.05) is 26.8 Å². The second kappa shape index (κ2) is 8.12. The lowest BCUT2D eigenvalue weighted by atomic mass is 10.1. The first-order valence-corrected chi connectivity index (χ1v) is 10.6. The zero-order valence-electron chi connectivity index (χ0n) is 16.5. The van der Waals surface area contributed by atoms with Gasteiger partial charge >= 0.3 is 0 Å². The normalized spacial score (nSPS) is 15.1. The molecule has 0 saturated heterocycles. The summed E-state index contributed by atoms with van der Waals surface area (Å²) in [6.07, 6.45) is 4.97. The zero-order chi connectivity index (χ0) is 21.1. The number of hydrogen-bond donors (Lipinski definition) is 1. The Morgan fingerprint density at radius 1 is 1.21 bits per heavy atom. The van der Waals surface area contributed by atoms with Crippen LogP contribution < -0.4 is 5.32 Å². The Kier molecular flexibility index (Phi) is 5.78. The number of nitrogens with zero attached hydrogens (tertiary/aromatic N) is 4.